The first-order valence-corrected chi connectivity index (χ1v) is 11.1. The Morgan fingerprint density at radius 1 is 1.23 bits per heavy atom. The van der Waals surface area contributed by atoms with Crippen molar-refractivity contribution in [3.05, 3.63) is 39.3 Å². The van der Waals surface area contributed by atoms with Gasteiger partial charge in [-0.2, -0.15) is 0 Å². The van der Waals surface area contributed by atoms with E-state index < -0.39 is 5.91 Å². The fourth-order valence-electron chi connectivity index (χ4n) is 3.09. The Balaban J connectivity index is 1.55. The summed E-state index contributed by atoms with van der Waals surface area (Å²) < 4.78 is 0. The van der Waals surface area contributed by atoms with Crippen LogP contribution in [0.3, 0.4) is 0 Å². The van der Waals surface area contributed by atoms with Gasteiger partial charge in [0.2, 0.25) is 15.9 Å². The maximum Gasteiger partial charge on any atom is 0.286 e. The number of likely N-dealkylation sites (tertiary alicyclic amines) is 1. The van der Waals surface area contributed by atoms with Crippen molar-refractivity contribution in [2.45, 2.75) is 39.2 Å². The lowest BCUT2D eigenvalue weighted by Gasteiger charge is -2.31. The van der Waals surface area contributed by atoms with Crippen molar-refractivity contribution < 1.29 is 14.4 Å². The number of amides is 3. The highest BCUT2D eigenvalue weighted by Gasteiger charge is 2.30. The number of hydrogen-bond acceptors (Lipinski definition) is 6. The van der Waals surface area contributed by atoms with Gasteiger partial charge < -0.3 is 15.5 Å². The molecule has 1 aliphatic rings. The van der Waals surface area contributed by atoms with Gasteiger partial charge in [0.15, 0.2) is 0 Å². The maximum atomic E-state index is 12.7. The molecular formula is C20H24ClN5O3S. The molecule has 1 atom stereocenters. The second kappa shape index (κ2) is 9.99. The van der Waals surface area contributed by atoms with Crippen LogP contribution >= 0.6 is 22.9 Å². The van der Waals surface area contributed by atoms with Crippen LogP contribution < -0.4 is 10.6 Å². The highest BCUT2D eigenvalue weighted by atomic mass is 35.5. The Hall–Kier alpha value is -2.52. The quantitative estimate of drug-likeness (QED) is 0.704. The molecule has 0 aliphatic carbocycles. The summed E-state index contributed by atoms with van der Waals surface area (Å²) in [5.74, 6) is -0.756. The molecule has 10 heteroatoms. The number of halogens is 1. The van der Waals surface area contributed by atoms with Gasteiger partial charge in [-0.1, -0.05) is 35.9 Å². The van der Waals surface area contributed by atoms with Crippen LogP contribution in [0.1, 0.15) is 52.7 Å². The van der Waals surface area contributed by atoms with Gasteiger partial charge in [-0.15, -0.1) is 10.2 Å². The zero-order chi connectivity index (χ0) is 21.7. The van der Waals surface area contributed by atoms with Gasteiger partial charge in [0.05, 0.1) is 0 Å². The molecule has 0 saturated carbocycles. The number of nitrogens with zero attached hydrogens (tertiary/aromatic N) is 3. The van der Waals surface area contributed by atoms with Gasteiger partial charge in [-0.25, -0.2) is 0 Å². The number of aromatic nitrogens is 2. The van der Waals surface area contributed by atoms with Crippen molar-refractivity contribution >= 4 is 46.3 Å². The maximum absolute atomic E-state index is 12.7. The van der Waals surface area contributed by atoms with Crippen LogP contribution in [0.4, 0.5) is 5.69 Å². The molecule has 160 valence electrons. The van der Waals surface area contributed by atoms with Crippen LogP contribution in [0.25, 0.3) is 0 Å². The van der Waals surface area contributed by atoms with E-state index in [1.807, 2.05) is 13.8 Å². The molecule has 0 radical (unpaired) electrons. The zero-order valence-corrected chi connectivity index (χ0v) is 18.4. The van der Waals surface area contributed by atoms with Crippen molar-refractivity contribution in [3.8, 4) is 0 Å². The number of carbonyl (C=O) groups is 3. The summed E-state index contributed by atoms with van der Waals surface area (Å²) in [7, 11) is 0. The van der Waals surface area contributed by atoms with Crippen LogP contribution in [0, 0.1) is 5.92 Å². The highest BCUT2D eigenvalue weighted by molar-refractivity contribution is 7.15. The van der Waals surface area contributed by atoms with Crippen molar-refractivity contribution in [1.82, 2.24) is 20.4 Å². The van der Waals surface area contributed by atoms with E-state index >= 15 is 0 Å². The Labute approximate surface area is 184 Å². The van der Waals surface area contributed by atoms with Crippen LogP contribution in [0.15, 0.2) is 24.3 Å². The molecule has 3 rings (SSSR count). The van der Waals surface area contributed by atoms with E-state index in [0.29, 0.717) is 36.6 Å². The second-order valence-electron chi connectivity index (χ2n) is 7.26. The molecular weight excluding hydrogens is 426 g/mol. The summed E-state index contributed by atoms with van der Waals surface area (Å²) in [5.41, 5.74) is 0.535. The highest BCUT2D eigenvalue weighted by Crippen LogP contribution is 2.22. The minimum absolute atomic E-state index is 0.0485. The van der Waals surface area contributed by atoms with E-state index in [1.54, 1.807) is 29.2 Å². The van der Waals surface area contributed by atoms with E-state index in [0.717, 1.165) is 17.8 Å². The average Bonchev–Trinajstić information content (AvgIpc) is 3.23. The number of nitrogens with one attached hydrogen (secondary N) is 2. The molecule has 0 unspecified atom stereocenters. The number of rotatable bonds is 6. The molecule has 2 N–H and O–H groups in total. The van der Waals surface area contributed by atoms with Crippen LogP contribution in [0.5, 0.6) is 0 Å². The second-order valence-corrected chi connectivity index (χ2v) is 8.68. The Bertz CT molecular complexity index is 927. The number of carbonyl (C=O) groups excluding carboxylic acids is 3. The Morgan fingerprint density at radius 3 is 2.60 bits per heavy atom. The van der Waals surface area contributed by atoms with Gasteiger partial charge in [0.1, 0.15) is 0 Å². The molecule has 2 heterocycles. The van der Waals surface area contributed by atoms with Gasteiger partial charge in [0, 0.05) is 35.8 Å². The monoisotopic (exact) mass is 449 g/mol. The lowest BCUT2D eigenvalue weighted by molar-refractivity contribution is -0.126. The van der Waals surface area contributed by atoms with Gasteiger partial charge in [0.25, 0.3) is 11.8 Å². The molecule has 1 saturated heterocycles. The smallest absolute Gasteiger partial charge is 0.286 e. The van der Waals surface area contributed by atoms with Crippen molar-refractivity contribution in [2.24, 2.45) is 5.92 Å². The topological polar surface area (TPSA) is 104 Å². The summed E-state index contributed by atoms with van der Waals surface area (Å²) in [5, 5.41) is 14.2. The number of piperidine rings is 1. The largest absolute Gasteiger partial charge is 0.353 e. The van der Waals surface area contributed by atoms with E-state index in [-0.39, 0.29) is 33.8 Å². The summed E-state index contributed by atoms with van der Waals surface area (Å²) in [6.45, 7) is 4.95. The molecule has 30 heavy (non-hydrogen) atoms. The fourth-order valence-corrected chi connectivity index (χ4v) is 3.99. The van der Waals surface area contributed by atoms with Crippen molar-refractivity contribution in [1.29, 1.82) is 0 Å². The molecule has 2 aromatic rings. The molecule has 3 amide bonds. The van der Waals surface area contributed by atoms with E-state index in [2.05, 4.69) is 20.8 Å². The van der Waals surface area contributed by atoms with Gasteiger partial charge in [-0.3, -0.25) is 14.4 Å². The molecule has 0 bridgehead atoms. The molecule has 1 aromatic carbocycles. The van der Waals surface area contributed by atoms with E-state index in [4.69, 9.17) is 11.6 Å². The fraction of sp³-hybridized carbons (Fsp3) is 0.450. The van der Waals surface area contributed by atoms with Crippen molar-refractivity contribution in [3.63, 3.8) is 0 Å². The third-order valence-electron chi connectivity index (χ3n) is 5.04. The van der Waals surface area contributed by atoms with Crippen LogP contribution in [-0.2, 0) is 4.79 Å². The van der Waals surface area contributed by atoms with Gasteiger partial charge in [-0.05, 0) is 44.4 Å². The molecule has 8 nitrogen and oxygen atoms in total. The number of benzene rings is 1. The Kier molecular flexibility index (Phi) is 7.38. The standard InChI is InChI=1S/C20H24ClN5O3S/c1-3-12(2)22-16(27)13-7-9-26(10-8-13)20(29)19-25-24-18(30-19)17(28)23-15-6-4-5-14(21)11-15/h4-6,11-13H,3,7-10H2,1-2H3,(H,22,27)(H,23,28)/t12-/m1/s1. The van der Waals surface area contributed by atoms with E-state index in [1.165, 1.54) is 0 Å². The third-order valence-corrected chi connectivity index (χ3v) is 6.18. The predicted molar refractivity (Wildman–Crippen MR) is 116 cm³/mol. The minimum atomic E-state index is -0.450. The zero-order valence-electron chi connectivity index (χ0n) is 16.9. The first-order chi connectivity index (χ1) is 14.4. The minimum Gasteiger partial charge on any atom is -0.353 e. The molecule has 1 fully saturated rings. The SMILES string of the molecule is CC[C@@H](C)NC(=O)C1CCN(C(=O)c2nnc(C(=O)Nc3cccc(Cl)c3)s2)CC1. The number of anilines is 1. The average molecular weight is 450 g/mol. The normalized spacial score (nSPS) is 15.5. The Morgan fingerprint density at radius 2 is 1.93 bits per heavy atom. The summed E-state index contributed by atoms with van der Waals surface area (Å²) >= 11 is 6.86. The third kappa shape index (κ3) is 5.54. The lowest BCUT2D eigenvalue weighted by Crippen LogP contribution is -2.44. The van der Waals surface area contributed by atoms with E-state index in [9.17, 15) is 14.4 Å². The lowest BCUT2D eigenvalue weighted by atomic mass is 9.95. The summed E-state index contributed by atoms with van der Waals surface area (Å²) in [4.78, 5) is 39.0. The first kappa shape index (κ1) is 22.2. The number of hydrogen-bond donors (Lipinski definition) is 2. The van der Waals surface area contributed by atoms with Crippen LogP contribution in [-0.4, -0.2) is 52.0 Å². The van der Waals surface area contributed by atoms with Crippen molar-refractivity contribution in [2.75, 3.05) is 18.4 Å². The van der Waals surface area contributed by atoms with Crippen LogP contribution in [0.2, 0.25) is 5.02 Å². The molecule has 1 aromatic heterocycles. The summed E-state index contributed by atoms with van der Waals surface area (Å²) in [6, 6.07) is 6.90. The molecule has 1 aliphatic heterocycles. The first-order valence-electron chi connectivity index (χ1n) is 9.87. The van der Waals surface area contributed by atoms with Gasteiger partial charge >= 0.3 is 0 Å². The summed E-state index contributed by atoms with van der Waals surface area (Å²) in [6.07, 6.45) is 2.09. The predicted octanol–water partition coefficient (Wildman–Crippen LogP) is 3.21. The molecule has 0 spiro atoms.